The number of aryl methyl sites for hydroxylation is 1. The zero-order valence-electron chi connectivity index (χ0n) is 21.4. The van der Waals surface area contributed by atoms with Gasteiger partial charge in [0.2, 0.25) is 11.9 Å². The first-order valence-electron chi connectivity index (χ1n) is 12.8. The molecule has 3 aromatic rings. The molecule has 1 aliphatic rings. The number of aromatic amines is 1. The maximum Gasteiger partial charge on any atom is 0.242 e. The second-order valence-corrected chi connectivity index (χ2v) is 9.66. The van der Waals surface area contributed by atoms with Crippen molar-refractivity contribution in [3.8, 4) is 11.3 Å². The molecule has 7 heteroatoms. The Morgan fingerprint density at radius 2 is 2.03 bits per heavy atom. The lowest BCUT2D eigenvalue weighted by Gasteiger charge is -2.29. The molecule has 2 aromatic heterocycles. The highest BCUT2D eigenvalue weighted by molar-refractivity contribution is 5.95. The van der Waals surface area contributed by atoms with Crippen molar-refractivity contribution < 1.29 is 4.79 Å². The summed E-state index contributed by atoms with van der Waals surface area (Å²) in [4.78, 5) is 28.0. The van der Waals surface area contributed by atoms with Crippen molar-refractivity contribution in [1.29, 1.82) is 0 Å². The number of H-pyrrole nitrogens is 1. The summed E-state index contributed by atoms with van der Waals surface area (Å²) in [5.74, 6) is 0.730. The number of hydrogen-bond donors (Lipinski definition) is 3. The molecule has 4 rings (SSSR count). The Labute approximate surface area is 208 Å². The minimum absolute atomic E-state index is 0.0889. The topological polar surface area (TPSA) is 85.9 Å². The molecule has 1 amide bonds. The summed E-state index contributed by atoms with van der Waals surface area (Å²) in [6.45, 7) is 13.3. The number of anilines is 1. The number of carbonyl (C=O) groups is 1. The van der Waals surface area contributed by atoms with Crippen LogP contribution >= 0.6 is 0 Å². The molecule has 3 unspecified atom stereocenters. The molecular formula is C28H38N6O. The maximum atomic E-state index is 13.0. The number of hydrogen-bond acceptors (Lipinski definition) is 5. The predicted molar refractivity (Wildman–Crippen MR) is 143 cm³/mol. The van der Waals surface area contributed by atoms with Crippen LogP contribution in [0.2, 0.25) is 0 Å². The highest BCUT2D eigenvalue weighted by Crippen LogP contribution is 2.30. The minimum Gasteiger partial charge on any atom is -0.364 e. The van der Waals surface area contributed by atoms with Gasteiger partial charge in [-0.1, -0.05) is 38.6 Å². The third-order valence-electron chi connectivity index (χ3n) is 7.10. The summed E-state index contributed by atoms with van der Waals surface area (Å²) >= 11 is 0. The number of amides is 1. The van der Waals surface area contributed by atoms with E-state index in [1.54, 1.807) is 0 Å². The van der Waals surface area contributed by atoms with Crippen molar-refractivity contribution in [1.82, 2.24) is 25.2 Å². The largest absolute Gasteiger partial charge is 0.364 e. The Morgan fingerprint density at radius 3 is 2.77 bits per heavy atom. The first kappa shape index (κ1) is 24.8. The molecule has 0 spiro atoms. The van der Waals surface area contributed by atoms with E-state index in [1.165, 1.54) is 0 Å². The number of benzene rings is 1. The molecule has 7 nitrogen and oxygen atoms in total. The second-order valence-electron chi connectivity index (χ2n) is 9.66. The first-order chi connectivity index (χ1) is 16.9. The lowest BCUT2D eigenvalue weighted by atomic mass is 10.0. The van der Waals surface area contributed by atoms with Crippen LogP contribution in [0.3, 0.4) is 0 Å². The molecule has 3 heterocycles. The van der Waals surface area contributed by atoms with Crippen LogP contribution in [0, 0.1) is 6.92 Å². The van der Waals surface area contributed by atoms with E-state index in [4.69, 9.17) is 4.98 Å². The molecular weight excluding hydrogens is 436 g/mol. The Bertz CT molecular complexity index is 1190. The molecule has 3 N–H and O–H groups in total. The molecule has 1 aromatic carbocycles. The summed E-state index contributed by atoms with van der Waals surface area (Å²) in [6, 6.07) is 8.39. The van der Waals surface area contributed by atoms with E-state index >= 15 is 0 Å². The van der Waals surface area contributed by atoms with Gasteiger partial charge in [0.1, 0.15) is 6.04 Å². The third kappa shape index (κ3) is 5.50. The Balaban J connectivity index is 1.45. The summed E-state index contributed by atoms with van der Waals surface area (Å²) in [5.41, 5.74) is 5.10. The average molecular weight is 475 g/mol. The molecule has 186 valence electrons. The third-order valence-corrected chi connectivity index (χ3v) is 7.10. The summed E-state index contributed by atoms with van der Waals surface area (Å²) in [5, 5.41) is 7.98. The van der Waals surface area contributed by atoms with Crippen LogP contribution in [0.5, 0.6) is 0 Å². The van der Waals surface area contributed by atoms with Crippen LogP contribution in [0.15, 0.2) is 48.9 Å². The van der Waals surface area contributed by atoms with E-state index < -0.39 is 0 Å². The second kappa shape index (κ2) is 10.9. The molecule has 0 bridgehead atoms. The first-order valence-corrected chi connectivity index (χ1v) is 12.8. The lowest BCUT2D eigenvalue weighted by Crippen LogP contribution is -2.47. The van der Waals surface area contributed by atoms with Gasteiger partial charge in [0.15, 0.2) is 0 Å². The van der Waals surface area contributed by atoms with Crippen LogP contribution in [0.1, 0.15) is 58.4 Å². The minimum atomic E-state index is -0.103. The van der Waals surface area contributed by atoms with Gasteiger partial charge in [0.05, 0.1) is 5.69 Å². The lowest BCUT2D eigenvalue weighted by molar-refractivity contribution is -0.125. The molecule has 1 aliphatic heterocycles. The summed E-state index contributed by atoms with van der Waals surface area (Å²) in [7, 11) is 0. The Hall–Kier alpha value is -3.35. The number of likely N-dealkylation sites (tertiary alicyclic amines) is 1. The van der Waals surface area contributed by atoms with Gasteiger partial charge in [-0.2, -0.15) is 0 Å². The quantitative estimate of drug-likeness (QED) is 0.366. The number of rotatable bonds is 10. The van der Waals surface area contributed by atoms with Gasteiger partial charge in [-0.05, 0) is 57.6 Å². The number of aromatic nitrogens is 3. The van der Waals surface area contributed by atoms with E-state index in [0.29, 0.717) is 5.95 Å². The SMILES string of the molecule is C=C(C)N1CCCC1C(=O)NC(CC)CC(CC)Nc1ncc(C)c(-c2c[nH]c3ccccc23)n1. The predicted octanol–water partition coefficient (Wildman–Crippen LogP) is 5.41. The van der Waals surface area contributed by atoms with Gasteiger partial charge in [-0.3, -0.25) is 4.79 Å². The Kier molecular flexibility index (Phi) is 7.73. The van der Waals surface area contributed by atoms with Crippen molar-refractivity contribution in [3.05, 3.63) is 54.5 Å². The highest BCUT2D eigenvalue weighted by Gasteiger charge is 2.31. The summed E-state index contributed by atoms with van der Waals surface area (Å²) < 4.78 is 0. The molecule has 3 atom stereocenters. The van der Waals surface area contributed by atoms with Crippen LogP contribution in [-0.4, -0.2) is 50.4 Å². The molecule has 0 radical (unpaired) electrons. The van der Waals surface area contributed by atoms with Gasteiger partial charge in [0.25, 0.3) is 0 Å². The molecule has 1 fully saturated rings. The van der Waals surface area contributed by atoms with E-state index in [1.807, 2.05) is 38.4 Å². The maximum absolute atomic E-state index is 13.0. The van der Waals surface area contributed by atoms with Gasteiger partial charge < -0.3 is 20.5 Å². The average Bonchev–Trinajstić information content (AvgIpc) is 3.52. The Morgan fingerprint density at radius 1 is 1.26 bits per heavy atom. The number of carbonyl (C=O) groups excluding carboxylic acids is 1. The fourth-order valence-corrected chi connectivity index (χ4v) is 5.03. The fraction of sp³-hybridized carbons (Fsp3) is 0.464. The van der Waals surface area contributed by atoms with Gasteiger partial charge in [-0.25, -0.2) is 9.97 Å². The number of nitrogens with one attached hydrogen (secondary N) is 3. The van der Waals surface area contributed by atoms with E-state index in [2.05, 4.69) is 58.1 Å². The zero-order chi connectivity index (χ0) is 24.9. The van der Waals surface area contributed by atoms with Crippen molar-refractivity contribution in [2.24, 2.45) is 0 Å². The van der Waals surface area contributed by atoms with Crippen molar-refractivity contribution in [2.45, 2.75) is 77.9 Å². The normalized spacial score (nSPS) is 17.4. The molecule has 0 saturated carbocycles. The van der Waals surface area contributed by atoms with Crippen molar-refractivity contribution in [2.75, 3.05) is 11.9 Å². The van der Waals surface area contributed by atoms with Crippen molar-refractivity contribution >= 4 is 22.8 Å². The smallest absolute Gasteiger partial charge is 0.242 e. The van der Waals surface area contributed by atoms with Gasteiger partial charge in [-0.15, -0.1) is 0 Å². The number of para-hydroxylation sites is 1. The standard InChI is InChI=1S/C28H38N6O/c1-6-20(31-27(35)25-13-10-14-34(25)18(3)4)15-21(7-2)32-28-30-16-19(5)26(33-28)23-17-29-24-12-9-8-11-22(23)24/h8-9,11-12,16-17,20-21,25,29H,3,6-7,10,13-15H2,1-2,4-5H3,(H,31,35)(H,30,32,33). The van der Waals surface area contributed by atoms with Crippen LogP contribution in [0.25, 0.3) is 22.2 Å². The number of allylic oxidation sites excluding steroid dienone is 1. The molecule has 1 saturated heterocycles. The summed E-state index contributed by atoms with van der Waals surface area (Å²) in [6.07, 6.45) is 8.42. The van der Waals surface area contributed by atoms with E-state index in [9.17, 15) is 4.79 Å². The highest BCUT2D eigenvalue weighted by atomic mass is 16.2. The van der Waals surface area contributed by atoms with Crippen LogP contribution in [-0.2, 0) is 4.79 Å². The molecule has 35 heavy (non-hydrogen) atoms. The van der Waals surface area contributed by atoms with E-state index in [0.717, 1.165) is 72.1 Å². The van der Waals surface area contributed by atoms with E-state index in [-0.39, 0.29) is 24.0 Å². The van der Waals surface area contributed by atoms with Gasteiger partial charge in [0, 0.05) is 53.2 Å². The van der Waals surface area contributed by atoms with Crippen LogP contribution in [0.4, 0.5) is 5.95 Å². The number of nitrogens with zero attached hydrogens (tertiary/aromatic N) is 3. The van der Waals surface area contributed by atoms with Gasteiger partial charge >= 0.3 is 0 Å². The fourth-order valence-electron chi connectivity index (χ4n) is 5.03. The number of fused-ring (bicyclic) bond motifs is 1. The monoisotopic (exact) mass is 474 g/mol. The zero-order valence-corrected chi connectivity index (χ0v) is 21.4. The molecule has 0 aliphatic carbocycles. The van der Waals surface area contributed by atoms with Crippen molar-refractivity contribution in [3.63, 3.8) is 0 Å². The van der Waals surface area contributed by atoms with Crippen LogP contribution < -0.4 is 10.6 Å².